The monoisotopic (exact) mass is 623 g/mol. The molecule has 1 saturated heterocycles. The molecule has 3 atom stereocenters. The van der Waals surface area contributed by atoms with Crippen molar-refractivity contribution >= 4 is 67.4 Å². The first-order chi connectivity index (χ1) is 18.3. The molecule has 1 aliphatic rings. The third kappa shape index (κ3) is 11.2. The van der Waals surface area contributed by atoms with Crippen molar-refractivity contribution in [3.8, 4) is 0 Å². The summed E-state index contributed by atoms with van der Waals surface area (Å²) in [6.45, 7) is 3.66. The van der Waals surface area contributed by atoms with Crippen molar-refractivity contribution in [3.05, 3.63) is 60.2 Å². The van der Waals surface area contributed by atoms with E-state index in [4.69, 9.17) is 19.7 Å². The van der Waals surface area contributed by atoms with Crippen LogP contribution < -0.4 is 20.8 Å². The Bertz CT molecular complexity index is 1220. The average Bonchev–Trinajstić information content (AvgIpc) is 3.35. The van der Waals surface area contributed by atoms with E-state index in [-0.39, 0.29) is 68.1 Å². The van der Waals surface area contributed by atoms with E-state index in [0.29, 0.717) is 24.3 Å². The fourth-order valence-electron chi connectivity index (χ4n) is 4.15. The zero-order chi connectivity index (χ0) is 28.6. The first-order valence-electron chi connectivity index (χ1n) is 12.5. The Morgan fingerprint density at radius 2 is 1.80 bits per heavy atom. The van der Waals surface area contributed by atoms with Gasteiger partial charge in [-0.3, -0.25) is 0 Å². The fourth-order valence-corrected chi connectivity index (χ4v) is 6.31. The number of ether oxygens (including phenoxy) is 2. The van der Waals surface area contributed by atoms with Crippen molar-refractivity contribution in [2.24, 2.45) is 5.92 Å². The number of hydrogen-bond donors (Lipinski definition) is 2. The van der Waals surface area contributed by atoms with Gasteiger partial charge >= 0.3 is 43.8 Å². The molecule has 1 heterocycles. The van der Waals surface area contributed by atoms with Crippen LogP contribution in [0.4, 0.5) is 10.5 Å². The number of phosphoric ester groups is 1. The van der Waals surface area contributed by atoms with E-state index in [0.717, 1.165) is 4.31 Å². The van der Waals surface area contributed by atoms with Crippen molar-refractivity contribution in [3.63, 3.8) is 0 Å². The minimum Gasteiger partial charge on any atom is -0.790 e. The van der Waals surface area contributed by atoms with Crippen LogP contribution in [-0.2, 0) is 35.0 Å². The zero-order valence-corrected chi connectivity index (χ0v) is 26.4. The maximum atomic E-state index is 13.6. The third-order valence-electron chi connectivity index (χ3n) is 5.95. The van der Waals surface area contributed by atoms with E-state index in [9.17, 15) is 27.6 Å². The van der Waals surface area contributed by atoms with E-state index in [2.05, 4.69) is 5.32 Å². The van der Waals surface area contributed by atoms with Crippen molar-refractivity contribution in [2.75, 3.05) is 32.0 Å². The van der Waals surface area contributed by atoms with Gasteiger partial charge in [0.1, 0.15) is 6.10 Å². The van der Waals surface area contributed by atoms with Gasteiger partial charge in [0.05, 0.1) is 38.1 Å². The second kappa shape index (κ2) is 15.8. The van der Waals surface area contributed by atoms with Crippen molar-refractivity contribution < 1.29 is 41.6 Å². The molecule has 12 nitrogen and oxygen atoms in total. The van der Waals surface area contributed by atoms with Gasteiger partial charge in [0.15, 0.2) is 0 Å². The second-order valence-corrected chi connectivity index (χ2v) is 12.8. The molecule has 1 unspecified atom stereocenters. The third-order valence-corrected chi connectivity index (χ3v) is 8.32. The summed E-state index contributed by atoms with van der Waals surface area (Å²) < 4.78 is 55.6. The van der Waals surface area contributed by atoms with E-state index in [1.807, 2.05) is 0 Å². The minimum atomic E-state index is -5.62. The van der Waals surface area contributed by atoms with Gasteiger partial charge in [-0.05, 0) is 42.2 Å². The number of sulfonamides is 1. The maximum Gasteiger partial charge on any atom is 2.00 e. The van der Waals surface area contributed by atoms with E-state index in [1.165, 1.54) is 24.3 Å². The maximum absolute atomic E-state index is 13.6. The topological polar surface area (TPSA) is 183 Å². The second-order valence-electron chi connectivity index (χ2n) is 9.71. The summed E-state index contributed by atoms with van der Waals surface area (Å²) in [6.07, 6.45) is -2.41. The number of amides is 1. The minimum absolute atomic E-state index is 0. The summed E-state index contributed by atoms with van der Waals surface area (Å²) in [7, 11) is -9.80. The van der Waals surface area contributed by atoms with Crippen LogP contribution in [0.3, 0.4) is 0 Å². The Hall–Kier alpha value is -1.25. The Morgan fingerprint density at radius 3 is 2.35 bits per heavy atom. The van der Waals surface area contributed by atoms with Crippen LogP contribution in [0.1, 0.15) is 25.8 Å². The van der Waals surface area contributed by atoms with E-state index < -0.39 is 48.7 Å². The molecular formula is C25H34CaN3O9PS. The fraction of sp³-hybridized carbons (Fsp3) is 0.480. The molecular weight excluding hydrogens is 589 g/mol. The Morgan fingerprint density at radius 1 is 1.15 bits per heavy atom. The number of anilines is 1. The molecule has 216 valence electrons. The molecule has 0 spiro atoms. The van der Waals surface area contributed by atoms with E-state index >= 15 is 0 Å². The molecule has 2 aromatic carbocycles. The summed E-state index contributed by atoms with van der Waals surface area (Å²) in [5.41, 5.74) is 6.75. The first kappa shape index (κ1) is 34.9. The summed E-state index contributed by atoms with van der Waals surface area (Å²) in [5, 5.41) is 2.59. The van der Waals surface area contributed by atoms with Gasteiger partial charge in [-0.1, -0.05) is 44.2 Å². The van der Waals surface area contributed by atoms with Crippen LogP contribution in [0, 0.1) is 5.92 Å². The zero-order valence-electron chi connectivity index (χ0n) is 22.5. The largest absolute Gasteiger partial charge is 2.00 e. The molecule has 15 heteroatoms. The molecule has 3 N–H and O–H groups in total. The molecule has 1 amide bonds. The van der Waals surface area contributed by atoms with Crippen molar-refractivity contribution in [1.82, 2.24) is 9.62 Å². The number of nitrogens with two attached hydrogens (primary N) is 1. The predicted molar refractivity (Wildman–Crippen MR) is 145 cm³/mol. The van der Waals surface area contributed by atoms with Gasteiger partial charge in [-0.25, -0.2) is 13.2 Å². The van der Waals surface area contributed by atoms with E-state index in [1.54, 1.807) is 44.2 Å². The molecule has 0 bridgehead atoms. The van der Waals surface area contributed by atoms with Gasteiger partial charge in [0.2, 0.25) is 10.0 Å². The van der Waals surface area contributed by atoms with Gasteiger partial charge in [-0.2, -0.15) is 4.31 Å². The molecule has 2 aromatic rings. The van der Waals surface area contributed by atoms with Gasteiger partial charge in [0, 0.05) is 25.2 Å². The molecule has 40 heavy (non-hydrogen) atoms. The predicted octanol–water partition coefficient (Wildman–Crippen LogP) is 0.875. The number of benzene rings is 2. The molecule has 0 aromatic heterocycles. The number of phosphoric acid groups is 1. The van der Waals surface area contributed by atoms with Gasteiger partial charge in [0.25, 0.3) is 0 Å². The molecule has 0 saturated carbocycles. The standard InChI is InChI=1S/C25H36N3O9PS.Ca/c1-18(2)15-28(39(33,34)22-10-8-20(26)9-11-22)16-24(37-38(30,31)32)23(14-19-6-4-3-5-7-19)27-25(29)36-21-12-13-35-17-21;/h3-11,18,21,23-24H,12-17,26H2,1-2H3,(H,27,29)(H2,30,31,32);/q;+2/p-2/t21?,23-,24+;/m0./s1. The van der Waals surface area contributed by atoms with Crippen molar-refractivity contribution in [2.45, 2.75) is 49.8 Å². The summed E-state index contributed by atoms with van der Waals surface area (Å²) in [4.78, 5) is 36.4. The van der Waals surface area contributed by atoms with Crippen LogP contribution in [0.15, 0.2) is 59.5 Å². The Labute approximate surface area is 264 Å². The van der Waals surface area contributed by atoms with Crippen LogP contribution in [-0.4, -0.2) is 101 Å². The molecule has 1 fully saturated rings. The normalized spacial score (nSPS) is 17.3. The summed E-state index contributed by atoms with van der Waals surface area (Å²) in [5.74, 6) is -0.173. The smallest absolute Gasteiger partial charge is 0.790 e. The molecule has 0 aliphatic carbocycles. The van der Waals surface area contributed by atoms with Crippen LogP contribution >= 0.6 is 7.82 Å². The number of nitrogens with zero attached hydrogens (tertiary/aromatic N) is 1. The number of nitrogens with one attached hydrogen (secondary N) is 1. The number of hydrogen-bond acceptors (Lipinski definition) is 10. The molecule has 3 rings (SSSR count). The SMILES string of the molecule is CC(C)CN(C[C@@H](OP(=O)([O-])[O-])[C@H](Cc1ccccc1)NC(=O)OC1CCOC1)S(=O)(=O)c1ccc(N)cc1.[Ca+2]. The average molecular weight is 624 g/mol. The quantitative estimate of drug-likeness (QED) is 0.184. The van der Waals surface area contributed by atoms with Crippen LogP contribution in [0.5, 0.6) is 0 Å². The Kier molecular flexibility index (Phi) is 13.8. The molecule has 1 aliphatic heterocycles. The van der Waals surface area contributed by atoms with Crippen LogP contribution in [0.2, 0.25) is 0 Å². The number of carbonyl (C=O) groups excluding carboxylic acids is 1. The number of carbonyl (C=O) groups is 1. The number of alkyl carbamates (subject to hydrolysis) is 1. The summed E-state index contributed by atoms with van der Waals surface area (Å²) >= 11 is 0. The van der Waals surface area contributed by atoms with Gasteiger partial charge in [-0.15, -0.1) is 0 Å². The summed E-state index contributed by atoms with van der Waals surface area (Å²) in [6, 6.07) is 13.1. The Balaban J connectivity index is 0.00000560. The molecule has 0 radical (unpaired) electrons. The van der Waals surface area contributed by atoms with Crippen molar-refractivity contribution in [1.29, 1.82) is 0 Å². The number of nitrogen functional groups attached to an aromatic ring is 1. The van der Waals surface area contributed by atoms with Gasteiger partial charge < -0.3 is 39.4 Å². The van der Waals surface area contributed by atoms with Crippen LogP contribution in [0.25, 0.3) is 0 Å². The first-order valence-corrected chi connectivity index (χ1v) is 15.4. The number of rotatable bonds is 13.